The summed E-state index contributed by atoms with van der Waals surface area (Å²) >= 11 is 0. The maximum absolute atomic E-state index is 13.3. The van der Waals surface area contributed by atoms with Crippen LogP contribution in [0, 0.1) is 31.0 Å². The third-order valence-electron chi connectivity index (χ3n) is 3.48. The van der Waals surface area contributed by atoms with Gasteiger partial charge >= 0.3 is 0 Å². The highest BCUT2D eigenvalue weighted by Gasteiger charge is 2.08. The van der Waals surface area contributed by atoms with Crippen LogP contribution in [0.2, 0.25) is 0 Å². The largest absolute Gasteiger partial charge is 0.349 e. The van der Waals surface area contributed by atoms with Crippen LogP contribution in [-0.2, 0) is 6.54 Å². The van der Waals surface area contributed by atoms with Crippen molar-refractivity contribution in [3.8, 4) is 6.07 Å². The molecule has 1 heterocycles. The van der Waals surface area contributed by atoms with Gasteiger partial charge in [0.15, 0.2) is 0 Å². The molecule has 0 aliphatic heterocycles. The molecule has 20 heavy (non-hydrogen) atoms. The Morgan fingerprint density at radius 2 is 2.10 bits per heavy atom. The van der Waals surface area contributed by atoms with Crippen LogP contribution in [0.5, 0.6) is 0 Å². The van der Waals surface area contributed by atoms with E-state index in [1.807, 2.05) is 19.9 Å². The monoisotopic (exact) mass is 268 g/mol. The summed E-state index contributed by atoms with van der Waals surface area (Å²) in [6.45, 7) is 7.06. The van der Waals surface area contributed by atoms with Gasteiger partial charge in [-0.3, -0.25) is 0 Å². The van der Waals surface area contributed by atoms with Gasteiger partial charge in [-0.2, -0.15) is 5.26 Å². The normalized spacial score (nSPS) is 11.4. The van der Waals surface area contributed by atoms with Crippen molar-refractivity contribution in [3.63, 3.8) is 0 Å². The summed E-state index contributed by atoms with van der Waals surface area (Å²) in [6, 6.07) is 10.3. The van der Waals surface area contributed by atoms with E-state index >= 15 is 0 Å². The molecular formula is C17H17FN2. The first-order valence-corrected chi connectivity index (χ1v) is 6.61. The second-order valence-corrected chi connectivity index (χ2v) is 4.75. The van der Waals surface area contributed by atoms with Crippen LogP contribution in [0.4, 0.5) is 4.39 Å². The minimum atomic E-state index is -0.331. The Hall–Kier alpha value is -2.34. The smallest absolute Gasteiger partial charge is 0.123 e. The van der Waals surface area contributed by atoms with Crippen molar-refractivity contribution < 1.29 is 4.39 Å². The highest BCUT2D eigenvalue weighted by atomic mass is 19.1. The van der Waals surface area contributed by atoms with E-state index in [1.54, 1.807) is 12.1 Å². The number of nitriles is 1. The van der Waals surface area contributed by atoms with Crippen molar-refractivity contribution in [3.05, 3.63) is 58.7 Å². The van der Waals surface area contributed by atoms with Crippen molar-refractivity contribution in [2.45, 2.75) is 27.3 Å². The Morgan fingerprint density at radius 1 is 1.35 bits per heavy atom. The van der Waals surface area contributed by atoms with Crippen LogP contribution >= 0.6 is 0 Å². The van der Waals surface area contributed by atoms with Gasteiger partial charge in [0.2, 0.25) is 0 Å². The van der Waals surface area contributed by atoms with E-state index < -0.39 is 0 Å². The number of halogens is 1. The average molecular weight is 268 g/mol. The molecule has 1 aromatic heterocycles. The Kier molecular flexibility index (Phi) is 4.05. The van der Waals surface area contributed by atoms with Crippen molar-refractivity contribution in [2.75, 3.05) is 0 Å². The minimum Gasteiger partial charge on any atom is -0.349 e. The number of hydrogen-bond donors (Lipinski definition) is 0. The average Bonchev–Trinajstić information content (AvgIpc) is 2.70. The third kappa shape index (κ3) is 2.65. The molecule has 0 amide bonds. The van der Waals surface area contributed by atoms with Gasteiger partial charge in [-0.1, -0.05) is 12.1 Å². The number of aromatic nitrogens is 1. The molecule has 2 nitrogen and oxygen atoms in total. The van der Waals surface area contributed by atoms with E-state index in [2.05, 4.69) is 23.6 Å². The van der Waals surface area contributed by atoms with Crippen molar-refractivity contribution >= 4 is 11.6 Å². The molecule has 0 aliphatic carbocycles. The molecular weight excluding hydrogens is 251 g/mol. The summed E-state index contributed by atoms with van der Waals surface area (Å²) in [4.78, 5) is 0. The molecule has 0 bridgehead atoms. The van der Waals surface area contributed by atoms with E-state index in [4.69, 9.17) is 0 Å². The van der Waals surface area contributed by atoms with Gasteiger partial charge in [0.25, 0.3) is 0 Å². The first-order valence-electron chi connectivity index (χ1n) is 6.61. The highest BCUT2D eigenvalue weighted by molar-refractivity contribution is 5.90. The first-order chi connectivity index (χ1) is 9.56. The molecule has 3 heteroatoms. The number of rotatable bonds is 3. The lowest BCUT2D eigenvalue weighted by molar-refractivity contribution is 0.627. The topological polar surface area (TPSA) is 28.7 Å². The summed E-state index contributed by atoms with van der Waals surface area (Å²) in [6.07, 6.45) is 1.82. The van der Waals surface area contributed by atoms with Crippen LogP contribution in [0.3, 0.4) is 0 Å². The zero-order chi connectivity index (χ0) is 14.7. The lowest BCUT2D eigenvalue weighted by atomic mass is 10.0. The van der Waals surface area contributed by atoms with Gasteiger partial charge in [-0.05, 0) is 56.2 Å². The summed E-state index contributed by atoms with van der Waals surface area (Å²) in [5, 5.41) is 9.31. The zero-order valence-corrected chi connectivity index (χ0v) is 11.9. The lowest BCUT2D eigenvalue weighted by Crippen LogP contribution is -1.98. The molecule has 2 aromatic rings. The van der Waals surface area contributed by atoms with Gasteiger partial charge < -0.3 is 4.57 Å². The predicted molar refractivity (Wildman–Crippen MR) is 79.5 cm³/mol. The number of hydrogen-bond acceptors (Lipinski definition) is 1. The van der Waals surface area contributed by atoms with E-state index in [-0.39, 0.29) is 5.82 Å². The molecule has 2 rings (SSSR count). The summed E-state index contributed by atoms with van der Waals surface area (Å²) in [7, 11) is 0. The Morgan fingerprint density at radius 3 is 2.65 bits per heavy atom. The molecule has 0 radical (unpaired) electrons. The number of benzene rings is 1. The fourth-order valence-corrected chi connectivity index (χ4v) is 2.45. The quantitative estimate of drug-likeness (QED) is 0.762. The third-order valence-corrected chi connectivity index (χ3v) is 3.48. The van der Waals surface area contributed by atoms with Gasteiger partial charge in [-0.25, -0.2) is 4.39 Å². The van der Waals surface area contributed by atoms with Crippen LogP contribution < -0.4 is 0 Å². The van der Waals surface area contributed by atoms with E-state index in [0.717, 1.165) is 23.5 Å². The predicted octanol–water partition coefficient (Wildman–Crippen LogP) is 4.33. The van der Waals surface area contributed by atoms with Gasteiger partial charge in [-0.15, -0.1) is 0 Å². The van der Waals surface area contributed by atoms with Crippen molar-refractivity contribution in [1.29, 1.82) is 5.26 Å². The molecule has 102 valence electrons. The number of nitrogens with zero attached hydrogens (tertiary/aromatic N) is 2. The molecule has 1 aromatic carbocycles. The van der Waals surface area contributed by atoms with E-state index in [1.165, 1.54) is 12.1 Å². The van der Waals surface area contributed by atoms with Crippen LogP contribution in [0.1, 0.15) is 29.4 Å². The Bertz CT molecular complexity index is 702. The highest BCUT2D eigenvalue weighted by Crippen LogP contribution is 2.22. The molecule has 0 unspecified atom stereocenters. The molecule has 0 aliphatic rings. The van der Waals surface area contributed by atoms with Gasteiger partial charge in [0.05, 0.1) is 11.6 Å². The summed E-state index contributed by atoms with van der Waals surface area (Å²) in [5.74, 6) is -0.331. The van der Waals surface area contributed by atoms with E-state index in [9.17, 15) is 9.65 Å². The molecule has 0 fully saturated rings. The fourth-order valence-electron chi connectivity index (χ4n) is 2.45. The molecule has 0 saturated carbocycles. The van der Waals surface area contributed by atoms with Gasteiger partial charge in [0.1, 0.15) is 5.82 Å². The van der Waals surface area contributed by atoms with Crippen molar-refractivity contribution in [2.24, 2.45) is 0 Å². The number of allylic oxidation sites excluding steroid dienone is 1. The second kappa shape index (κ2) is 5.75. The van der Waals surface area contributed by atoms with Crippen LogP contribution in [0.25, 0.3) is 11.6 Å². The molecule has 0 N–H and O–H groups in total. The minimum absolute atomic E-state index is 0.331. The SMILES string of the molecule is CCn1c(C)cc(/C=C(/C#N)c2cccc(F)c2)c1C. The molecule has 0 spiro atoms. The number of aryl methyl sites for hydroxylation is 1. The Balaban J connectivity index is 2.50. The molecule has 0 atom stereocenters. The summed E-state index contributed by atoms with van der Waals surface area (Å²) < 4.78 is 15.5. The van der Waals surface area contributed by atoms with Crippen LogP contribution in [0.15, 0.2) is 30.3 Å². The maximum atomic E-state index is 13.3. The maximum Gasteiger partial charge on any atom is 0.123 e. The summed E-state index contributed by atoms with van der Waals surface area (Å²) in [5.41, 5.74) is 4.36. The molecule has 0 saturated heterocycles. The zero-order valence-electron chi connectivity index (χ0n) is 11.9. The lowest BCUT2D eigenvalue weighted by Gasteiger charge is -2.05. The Labute approximate surface area is 118 Å². The van der Waals surface area contributed by atoms with E-state index in [0.29, 0.717) is 11.1 Å². The van der Waals surface area contributed by atoms with Gasteiger partial charge in [0, 0.05) is 17.9 Å². The fraction of sp³-hybridized carbons (Fsp3) is 0.235. The standard InChI is InChI=1S/C17H17FN2/c1-4-20-12(2)8-15(13(20)3)9-16(11-19)14-6-5-7-17(18)10-14/h5-10H,4H2,1-3H3/b16-9-. The van der Waals surface area contributed by atoms with Crippen molar-refractivity contribution in [1.82, 2.24) is 4.57 Å². The second-order valence-electron chi connectivity index (χ2n) is 4.75. The first kappa shape index (κ1) is 14.1. The van der Waals surface area contributed by atoms with Crippen LogP contribution in [-0.4, -0.2) is 4.57 Å².